The second kappa shape index (κ2) is 11.2. The van der Waals surface area contributed by atoms with Crippen LogP contribution in [-0.2, 0) is 13.1 Å². The van der Waals surface area contributed by atoms with Crippen LogP contribution in [0.1, 0.15) is 24.5 Å². The first kappa shape index (κ1) is 22.4. The zero-order valence-corrected chi connectivity index (χ0v) is 18.3. The van der Waals surface area contributed by atoms with Crippen molar-refractivity contribution >= 4 is 0 Å². The average molecular weight is 415 g/mol. The molecule has 164 valence electrons. The summed E-state index contributed by atoms with van der Waals surface area (Å²) in [5, 5.41) is 9.63. The molecule has 1 fully saturated rings. The Morgan fingerprint density at radius 3 is 2.40 bits per heavy atom. The third-order valence-electron chi connectivity index (χ3n) is 5.65. The molecule has 0 saturated carbocycles. The first-order chi connectivity index (χ1) is 14.7. The number of hydrogen-bond donors (Lipinski definition) is 1. The summed E-state index contributed by atoms with van der Waals surface area (Å²) in [5.41, 5.74) is 2.39. The Kier molecular flexibility index (Phi) is 8.37. The summed E-state index contributed by atoms with van der Waals surface area (Å²) < 4.78 is 16.5. The molecule has 1 N–H and O–H groups in total. The van der Waals surface area contributed by atoms with Gasteiger partial charge >= 0.3 is 0 Å². The van der Waals surface area contributed by atoms with Crippen molar-refractivity contribution in [3.8, 4) is 17.2 Å². The topological polar surface area (TPSA) is 54.4 Å². The second-order valence-corrected chi connectivity index (χ2v) is 7.63. The zero-order valence-electron chi connectivity index (χ0n) is 18.3. The molecule has 1 atom stereocenters. The molecule has 0 spiro atoms. The minimum atomic E-state index is 0.195. The van der Waals surface area contributed by atoms with Crippen molar-refractivity contribution in [1.29, 1.82) is 0 Å². The van der Waals surface area contributed by atoms with Gasteiger partial charge in [0.25, 0.3) is 0 Å². The summed E-state index contributed by atoms with van der Waals surface area (Å²) in [5.74, 6) is 2.63. The molecule has 0 amide bonds. The lowest BCUT2D eigenvalue weighted by Crippen LogP contribution is -2.52. The van der Waals surface area contributed by atoms with Crippen molar-refractivity contribution in [2.45, 2.75) is 32.5 Å². The van der Waals surface area contributed by atoms with Crippen LogP contribution >= 0.6 is 0 Å². The van der Waals surface area contributed by atoms with Gasteiger partial charge in [-0.25, -0.2) is 0 Å². The van der Waals surface area contributed by atoms with E-state index in [0.717, 1.165) is 62.0 Å². The number of benzene rings is 2. The average Bonchev–Trinajstić information content (AvgIpc) is 2.77. The number of piperazine rings is 1. The van der Waals surface area contributed by atoms with Crippen LogP contribution < -0.4 is 14.2 Å². The van der Waals surface area contributed by atoms with E-state index < -0.39 is 0 Å². The largest absolute Gasteiger partial charge is 0.497 e. The van der Waals surface area contributed by atoms with Gasteiger partial charge in [0.05, 0.1) is 20.8 Å². The Labute approximate surface area is 180 Å². The van der Waals surface area contributed by atoms with E-state index in [9.17, 15) is 5.11 Å². The van der Waals surface area contributed by atoms with Gasteiger partial charge in [-0.15, -0.1) is 0 Å². The van der Waals surface area contributed by atoms with E-state index in [1.165, 1.54) is 5.56 Å². The lowest BCUT2D eigenvalue weighted by atomic mass is 10.1. The van der Waals surface area contributed by atoms with Crippen LogP contribution in [-0.4, -0.2) is 68.0 Å². The van der Waals surface area contributed by atoms with Gasteiger partial charge < -0.3 is 19.3 Å². The van der Waals surface area contributed by atoms with Gasteiger partial charge in [0.1, 0.15) is 17.2 Å². The van der Waals surface area contributed by atoms with Crippen molar-refractivity contribution < 1.29 is 19.3 Å². The van der Waals surface area contributed by atoms with Crippen LogP contribution in [0.3, 0.4) is 0 Å². The molecule has 2 aromatic rings. The molecular formula is C24H34N2O4. The molecule has 1 heterocycles. The van der Waals surface area contributed by atoms with Crippen molar-refractivity contribution in [3.05, 3.63) is 53.6 Å². The molecule has 0 bridgehead atoms. The molecule has 30 heavy (non-hydrogen) atoms. The number of ether oxygens (including phenoxy) is 3. The summed E-state index contributed by atoms with van der Waals surface area (Å²) in [6.45, 7) is 7.40. The van der Waals surface area contributed by atoms with E-state index in [-0.39, 0.29) is 6.61 Å². The Morgan fingerprint density at radius 2 is 1.73 bits per heavy atom. The van der Waals surface area contributed by atoms with E-state index in [0.29, 0.717) is 12.6 Å². The van der Waals surface area contributed by atoms with Crippen LogP contribution in [0.25, 0.3) is 0 Å². The van der Waals surface area contributed by atoms with Crippen LogP contribution in [0.2, 0.25) is 0 Å². The maximum Gasteiger partial charge on any atom is 0.123 e. The molecule has 1 aliphatic heterocycles. The smallest absolute Gasteiger partial charge is 0.123 e. The van der Waals surface area contributed by atoms with Gasteiger partial charge in [0, 0.05) is 50.9 Å². The van der Waals surface area contributed by atoms with Crippen molar-refractivity contribution in [2.75, 3.05) is 47.1 Å². The first-order valence-corrected chi connectivity index (χ1v) is 10.7. The van der Waals surface area contributed by atoms with Crippen LogP contribution in [0.5, 0.6) is 17.2 Å². The quantitative estimate of drug-likeness (QED) is 0.645. The maximum atomic E-state index is 9.63. The van der Waals surface area contributed by atoms with Gasteiger partial charge in [-0.2, -0.15) is 0 Å². The van der Waals surface area contributed by atoms with E-state index in [4.69, 9.17) is 14.2 Å². The minimum absolute atomic E-state index is 0.195. The summed E-state index contributed by atoms with van der Waals surface area (Å²) in [6, 6.07) is 14.6. The van der Waals surface area contributed by atoms with E-state index in [2.05, 4.69) is 21.9 Å². The standard InChI is InChI=1S/C24H34N2O4/c1-4-30-22-7-5-19(6-8-22)16-26-13-12-25(18-21(26)11-14-27)17-20-15-23(28-2)9-10-24(20)29-3/h5-10,15,21,27H,4,11-14,16-18H2,1-3H3/t21-/m0/s1. The van der Waals surface area contributed by atoms with Gasteiger partial charge in [0.2, 0.25) is 0 Å². The number of aliphatic hydroxyl groups excluding tert-OH is 1. The van der Waals surface area contributed by atoms with E-state index >= 15 is 0 Å². The van der Waals surface area contributed by atoms with E-state index in [1.807, 2.05) is 37.3 Å². The first-order valence-electron chi connectivity index (χ1n) is 10.7. The highest BCUT2D eigenvalue weighted by Crippen LogP contribution is 2.27. The van der Waals surface area contributed by atoms with Crippen molar-refractivity contribution in [3.63, 3.8) is 0 Å². The van der Waals surface area contributed by atoms with Gasteiger partial charge in [-0.05, 0) is 49.2 Å². The zero-order chi connectivity index (χ0) is 21.3. The Hall–Kier alpha value is -2.28. The normalized spacial score (nSPS) is 17.7. The van der Waals surface area contributed by atoms with Gasteiger partial charge in [-0.3, -0.25) is 9.80 Å². The lowest BCUT2D eigenvalue weighted by Gasteiger charge is -2.41. The second-order valence-electron chi connectivity index (χ2n) is 7.63. The number of methoxy groups -OCH3 is 2. The van der Waals surface area contributed by atoms with Gasteiger partial charge in [-0.1, -0.05) is 12.1 Å². The predicted octanol–water partition coefficient (Wildman–Crippen LogP) is 3.17. The molecule has 0 unspecified atom stereocenters. The van der Waals surface area contributed by atoms with Crippen LogP contribution in [0.15, 0.2) is 42.5 Å². The molecule has 1 aliphatic rings. The Balaban J connectivity index is 1.65. The monoisotopic (exact) mass is 414 g/mol. The molecule has 6 heteroatoms. The summed E-state index contributed by atoms with van der Waals surface area (Å²) in [7, 11) is 3.39. The fraction of sp³-hybridized carbons (Fsp3) is 0.500. The highest BCUT2D eigenvalue weighted by molar-refractivity contribution is 5.40. The highest BCUT2D eigenvalue weighted by Gasteiger charge is 2.27. The SMILES string of the molecule is CCOc1ccc(CN2CCN(Cc3cc(OC)ccc3OC)C[C@@H]2CCO)cc1. The molecule has 6 nitrogen and oxygen atoms in total. The Morgan fingerprint density at radius 1 is 0.967 bits per heavy atom. The van der Waals surface area contributed by atoms with Crippen LogP contribution in [0, 0.1) is 0 Å². The third-order valence-corrected chi connectivity index (χ3v) is 5.65. The fourth-order valence-electron chi connectivity index (χ4n) is 4.07. The molecule has 0 radical (unpaired) electrons. The molecule has 0 aromatic heterocycles. The van der Waals surface area contributed by atoms with Crippen molar-refractivity contribution in [1.82, 2.24) is 9.80 Å². The maximum absolute atomic E-state index is 9.63. The molecule has 1 saturated heterocycles. The summed E-state index contributed by atoms with van der Waals surface area (Å²) in [6.07, 6.45) is 0.767. The summed E-state index contributed by atoms with van der Waals surface area (Å²) in [4.78, 5) is 4.91. The minimum Gasteiger partial charge on any atom is -0.497 e. The Bertz CT molecular complexity index is 781. The molecule has 0 aliphatic carbocycles. The van der Waals surface area contributed by atoms with E-state index in [1.54, 1.807) is 14.2 Å². The predicted molar refractivity (Wildman–Crippen MR) is 118 cm³/mol. The number of rotatable bonds is 10. The number of aliphatic hydroxyl groups is 1. The molecule has 3 rings (SSSR count). The number of nitrogens with zero attached hydrogens (tertiary/aromatic N) is 2. The van der Waals surface area contributed by atoms with Crippen molar-refractivity contribution in [2.24, 2.45) is 0 Å². The summed E-state index contributed by atoms with van der Waals surface area (Å²) >= 11 is 0. The number of hydrogen-bond acceptors (Lipinski definition) is 6. The third kappa shape index (κ3) is 5.88. The highest BCUT2D eigenvalue weighted by atomic mass is 16.5. The fourth-order valence-corrected chi connectivity index (χ4v) is 4.07. The van der Waals surface area contributed by atoms with Gasteiger partial charge in [0.15, 0.2) is 0 Å². The lowest BCUT2D eigenvalue weighted by molar-refractivity contribution is 0.0496. The molecule has 2 aromatic carbocycles. The van der Waals surface area contributed by atoms with Crippen LogP contribution in [0.4, 0.5) is 0 Å². The molecular weight excluding hydrogens is 380 g/mol.